The second-order valence-electron chi connectivity index (χ2n) is 4.31. The zero-order valence-electron chi connectivity index (χ0n) is 11.3. The molecule has 1 heterocycles. The van der Waals surface area contributed by atoms with Crippen LogP contribution in [0, 0.1) is 0 Å². The van der Waals surface area contributed by atoms with Gasteiger partial charge >= 0.3 is 0 Å². The van der Waals surface area contributed by atoms with Crippen LogP contribution < -0.4 is 21.3 Å². The van der Waals surface area contributed by atoms with Crippen LogP contribution in [0.4, 0.5) is 29.0 Å². The molecule has 6 nitrogen and oxygen atoms in total. The van der Waals surface area contributed by atoms with Gasteiger partial charge in [0.05, 0.1) is 0 Å². The van der Waals surface area contributed by atoms with Crippen LogP contribution in [0.5, 0.6) is 0 Å². The molecule has 0 aliphatic rings. The molecule has 4 N–H and O–H groups in total. The van der Waals surface area contributed by atoms with Gasteiger partial charge in [0.15, 0.2) is 0 Å². The molecule has 1 aromatic heterocycles. The van der Waals surface area contributed by atoms with Crippen molar-refractivity contribution in [3.63, 3.8) is 0 Å². The van der Waals surface area contributed by atoms with Gasteiger partial charge in [-0.25, -0.2) is 0 Å². The van der Waals surface area contributed by atoms with Crippen molar-refractivity contribution >= 4 is 29.0 Å². The van der Waals surface area contributed by atoms with Gasteiger partial charge in [-0.05, 0) is 24.3 Å². The van der Waals surface area contributed by atoms with Crippen LogP contribution in [0.25, 0.3) is 0 Å². The molecule has 0 saturated heterocycles. The maximum absolute atomic E-state index is 5.64. The minimum Gasteiger partial charge on any atom is -0.378 e. The Kier molecular flexibility index (Phi) is 3.70. The highest BCUT2D eigenvalue weighted by Crippen LogP contribution is 2.20. The van der Waals surface area contributed by atoms with Gasteiger partial charge in [0.2, 0.25) is 5.95 Å². The number of benzene rings is 1. The summed E-state index contributed by atoms with van der Waals surface area (Å²) in [7, 11) is 5.80. The fourth-order valence-electron chi connectivity index (χ4n) is 1.65. The summed E-state index contributed by atoms with van der Waals surface area (Å²) in [4.78, 5) is 10.2. The molecule has 2 rings (SSSR count). The molecule has 0 radical (unpaired) electrons. The van der Waals surface area contributed by atoms with Crippen LogP contribution in [0.15, 0.2) is 30.3 Å². The van der Waals surface area contributed by atoms with Gasteiger partial charge in [0.1, 0.15) is 11.6 Å². The van der Waals surface area contributed by atoms with E-state index in [1.807, 2.05) is 43.3 Å². The zero-order chi connectivity index (χ0) is 13.8. The number of nitrogens with two attached hydrogens (primary N) is 1. The minimum atomic E-state index is 0.235. The molecule has 19 heavy (non-hydrogen) atoms. The van der Waals surface area contributed by atoms with E-state index in [1.54, 1.807) is 13.1 Å². The molecule has 2 aromatic rings. The average Bonchev–Trinajstić information content (AvgIpc) is 2.38. The Hall–Kier alpha value is -2.50. The average molecular weight is 258 g/mol. The first-order chi connectivity index (χ1) is 9.08. The molecule has 100 valence electrons. The first-order valence-electron chi connectivity index (χ1n) is 5.95. The first kappa shape index (κ1) is 12.9. The second-order valence-corrected chi connectivity index (χ2v) is 4.31. The van der Waals surface area contributed by atoms with Gasteiger partial charge in [0.25, 0.3) is 0 Å². The summed E-state index contributed by atoms with van der Waals surface area (Å²) in [5.41, 5.74) is 7.74. The molecule has 0 spiro atoms. The molecule has 0 atom stereocenters. The van der Waals surface area contributed by atoms with E-state index < -0.39 is 0 Å². The molecule has 0 saturated carbocycles. The highest BCUT2D eigenvalue weighted by molar-refractivity contribution is 5.63. The van der Waals surface area contributed by atoms with Crippen molar-refractivity contribution in [1.29, 1.82) is 0 Å². The van der Waals surface area contributed by atoms with Crippen LogP contribution in [0.2, 0.25) is 0 Å². The lowest BCUT2D eigenvalue weighted by Gasteiger charge is -2.13. The van der Waals surface area contributed by atoms with E-state index in [0.29, 0.717) is 11.6 Å². The van der Waals surface area contributed by atoms with Gasteiger partial charge in [-0.3, -0.25) is 0 Å². The largest absolute Gasteiger partial charge is 0.378 e. The standard InChI is InChI=1S/C13H18N6/c1-15-11-8-12(18-13(14)17-11)16-9-4-6-10(7-5-9)19(2)3/h4-8H,1-3H3,(H4,14,15,16,17,18). The van der Waals surface area contributed by atoms with E-state index >= 15 is 0 Å². The normalized spacial score (nSPS) is 10.1. The molecule has 0 amide bonds. The summed E-state index contributed by atoms with van der Waals surface area (Å²) in [6, 6.07) is 9.85. The van der Waals surface area contributed by atoms with Crippen molar-refractivity contribution in [3.8, 4) is 0 Å². The van der Waals surface area contributed by atoms with Crippen molar-refractivity contribution in [3.05, 3.63) is 30.3 Å². The molecule has 6 heteroatoms. The Labute approximate surface area is 112 Å². The summed E-state index contributed by atoms with van der Waals surface area (Å²) in [6.45, 7) is 0. The predicted molar refractivity (Wildman–Crippen MR) is 80.0 cm³/mol. The lowest BCUT2D eigenvalue weighted by Crippen LogP contribution is -2.08. The highest BCUT2D eigenvalue weighted by atomic mass is 15.1. The Morgan fingerprint density at radius 1 is 1.05 bits per heavy atom. The Bertz CT molecular complexity index is 550. The van der Waals surface area contributed by atoms with Crippen molar-refractivity contribution in [2.75, 3.05) is 42.4 Å². The maximum Gasteiger partial charge on any atom is 0.223 e. The Balaban J connectivity index is 2.18. The molecule has 0 aliphatic carbocycles. The number of nitrogens with one attached hydrogen (secondary N) is 2. The summed E-state index contributed by atoms with van der Waals surface area (Å²) in [5, 5.41) is 6.14. The van der Waals surface area contributed by atoms with Crippen LogP contribution in [-0.2, 0) is 0 Å². The first-order valence-corrected chi connectivity index (χ1v) is 5.95. The third kappa shape index (κ3) is 3.25. The highest BCUT2D eigenvalue weighted by Gasteiger charge is 2.02. The van der Waals surface area contributed by atoms with Gasteiger partial charge in [-0.1, -0.05) is 0 Å². The van der Waals surface area contributed by atoms with Crippen molar-refractivity contribution < 1.29 is 0 Å². The van der Waals surface area contributed by atoms with Crippen molar-refractivity contribution in [1.82, 2.24) is 9.97 Å². The van der Waals surface area contributed by atoms with Gasteiger partial charge < -0.3 is 21.3 Å². The van der Waals surface area contributed by atoms with E-state index in [1.165, 1.54) is 0 Å². The van der Waals surface area contributed by atoms with Crippen LogP contribution in [0.3, 0.4) is 0 Å². The number of aromatic nitrogens is 2. The fraction of sp³-hybridized carbons (Fsp3) is 0.231. The maximum atomic E-state index is 5.64. The number of hydrogen-bond acceptors (Lipinski definition) is 6. The van der Waals surface area contributed by atoms with E-state index in [4.69, 9.17) is 5.73 Å². The van der Waals surface area contributed by atoms with E-state index in [9.17, 15) is 0 Å². The molecule has 0 aliphatic heterocycles. The number of hydrogen-bond donors (Lipinski definition) is 3. The smallest absolute Gasteiger partial charge is 0.223 e. The van der Waals surface area contributed by atoms with Crippen molar-refractivity contribution in [2.24, 2.45) is 0 Å². The van der Waals surface area contributed by atoms with Gasteiger partial charge in [-0.15, -0.1) is 0 Å². The van der Waals surface area contributed by atoms with Crippen LogP contribution in [-0.4, -0.2) is 31.1 Å². The van der Waals surface area contributed by atoms with Crippen LogP contribution >= 0.6 is 0 Å². The van der Waals surface area contributed by atoms with E-state index in [0.717, 1.165) is 11.4 Å². The quantitative estimate of drug-likeness (QED) is 0.777. The number of nitrogen functional groups attached to an aromatic ring is 1. The monoisotopic (exact) mass is 258 g/mol. The van der Waals surface area contributed by atoms with E-state index in [-0.39, 0.29) is 5.95 Å². The third-order valence-electron chi connectivity index (χ3n) is 2.66. The molecular formula is C13H18N6. The number of rotatable bonds is 4. The number of anilines is 5. The lowest BCUT2D eigenvalue weighted by atomic mass is 10.2. The molecule has 0 fully saturated rings. The summed E-state index contributed by atoms with van der Waals surface area (Å²) >= 11 is 0. The zero-order valence-corrected chi connectivity index (χ0v) is 11.3. The molecule has 0 bridgehead atoms. The summed E-state index contributed by atoms with van der Waals surface area (Å²) in [5.74, 6) is 1.58. The lowest BCUT2D eigenvalue weighted by molar-refractivity contribution is 1.13. The van der Waals surface area contributed by atoms with E-state index in [2.05, 4.69) is 20.6 Å². The number of nitrogens with zero attached hydrogens (tertiary/aromatic N) is 3. The molecule has 1 aromatic carbocycles. The summed E-state index contributed by atoms with van der Waals surface area (Å²) < 4.78 is 0. The topological polar surface area (TPSA) is 79.1 Å². The van der Waals surface area contributed by atoms with Gasteiger partial charge in [-0.2, -0.15) is 9.97 Å². The SMILES string of the molecule is CNc1cc(Nc2ccc(N(C)C)cc2)nc(N)n1. The summed E-state index contributed by atoms with van der Waals surface area (Å²) in [6.07, 6.45) is 0. The van der Waals surface area contributed by atoms with Crippen molar-refractivity contribution in [2.45, 2.75) is 0 Å². The molecular weight excluding hydrogens is 240 g/mol. The predicted octanol–water partition coefficient (Wildman–Crippen LogP) is 1.91. The molecule has 0 unspecified atom stereocenters. The Morgan fingerprint density at radius 3 is 2.26 bits per heavy atom. The Morgan fingerprint density at radius 2 is 1.68 bits per heavy atom. The van der Waals surface area contributed by atoms with Crippen LogP contribution in [0.1, 0.15) is 0 Å². The van der Waals surface area contributed by atoms with Gasteiger partial charge in [0, 0.05) is 38.6 Å². The second kappa shape index (κ2) is 5.43. The fourth-order valence-corrected chi connectivity index (χ4v) is 1.65. The third-order valence-corrected chi connectivity index (χ3v) is 2.66. The minimum absolute atomic E-state index is 0.235.